The molecular formula is C20H34N4O2. The molecule has 2 N–H and O–H groups in total. The fourth-order valence-corrected chi connectivity index (χ4v) is 3.45. The second-order valence-electron chi connectivity index (χ2n) is 6.80. The van der Waals surface area contributed by atoms with Crippen LogP contribution in [0.2, 0.25) is 0 Å². The molecule has 0 bridgehead atoms. The summed E-state index contributed by atoms with van der Waals surface area (Å²) in [4.78, 5) is 6.79. The first-order valence-electron chi connectivity index (χ1n) is 9.53. The van der Waals surface area contributed by atoms with Crippen molar-refractivity contribution in [3.8, 4) is 11.5 Å². The average Bonchev–Trinajstić information content (AvgIpc) is 2.70. The molecule has 0 aliphatic heterocycles. The maximum atomic E-state index is 5.45. The molecule has 0 heterocycles. The molecule has 2 rings (SSSR count). The number of benzene rings is 1. The molecule has 6 heteroatoms. The first-order valence-corrected chi connectivity index (χ1v) is 9.53. The lowest BCUT2D eigenvalue weighted by atomic mass is 9.94. The first kappa shape index (κ1) is 20.4. The predicted octanol–water partition coefficient (Wildman–Crippen LogP) is 2.63. The Kier molecular flexibility index (Phi) is 8.54. The molecule has 0 atom stereocenters. The predicted molar refractivity (Wildman–Crippen MR) is 107 cm³/mol. The minimum atomic E-state index is 0.644. The number of guanidine groups is 1. The summed E-state index contributed by atoms with van der Waals surface area (Å²) in [6.07, 6.45) is 6.81. The molecule has 0 saturated heterocycles. The van der Waals surface area contributed by atoms with E-state index in [4.69, 9.17) is 9.47 Å². The van der Waals surface area contributed by atoms with Crippen LogP contribution in [0.15, 0.2) is 23.2 Å². The van der Waals surface area contributed by atoms with Gasteiger partial charge >= 0.3 is 0 Å². The molecule has 1 saturated carbocycles. The summed E-state index contributed by atoms with van der Waals surface area (Å²) in [6, 6.07) is 6.58. The summed E-state index contributed by atoms with van der Waals surface area (Å²) in [5.74, 6) is 2.41. The molecule has 26 heavy (non-hydrogen) atoms. The monoisotopic (exact) mass is 362 g/mol. The lowest BCUT2D eigenvalue weighted by Gasteiger charge is -2.31. The van der Waals surface area contributed by atoms with Gasteiger partial charge in [0, 0.05) is 44.4 Å². The molecule has 1 fully saturated rings. The summed E-state index contributed by atoms with van der Waals surface area (Å²) in [5, 5.41) is 6.75. The van der Waals surface area contributed by atoms with Crippen LogP contribution < -0.4 is 20.1 Å². The quantitative estimate of drug-likeness (QED) is 0.550. The van der Waals surface area contributed by atoms with E-state index in [0.717, 1.165) is 42.2 Å². The highest BCUT2D eigenvalue weighted by Gasteiger charge is 2.17. The molecule has 0 unspecified atom stereocenters. The third-order valence-corrected chi connectivity index (χ3v) is 5.12. The number of aliphatic imine (C=N–C) groups is 1. The minimum absolute atomic E-state index is 0.644. The third kappa shape index (κ3) is 6.09. The smallest absolute Gasteiger partial charge is 0.191 e. The van der Waals surface area contributed by atoms with Gasteiger partial charge in [0.2, 0.25) is 0 Å². The van der Waals surface area contributed by atoms with Crippen molar-refractivity contribution in [1.82, 2.24) is 15.5 Å². The Morgan fingerprint density at radius 1 is 1.15 bits per heavy atom. The molecule has 6 nitrogen and oxygen atoms in total. The molecule has 0 spiro atoms. The van der Waals surface area contributed by atoms with E-state index in [1.807, 2.05) is 18.2 Å². The van der Waals surface area contributed by atoms with E-state index < -0.39 is 0 Å². The van der Waals surface area contributed by atoms with Gasteiger partial charge in [-0.2, -0.15) is 0 Å². The van der Waals surface area contributed by atoms with Crippen LogP contribution in [0.25, 0.3) is 0 Å². The molecule has 0 aromatic heterocycles. The van der Waals surface area contributed by atoms with Crippen molar-refractivity contribution in [3.63, 3.8) is 0 Å². The van der Waals surface area contributed by atoms with Gasteiger partial charge in [0.15, 0.2) is 5.96 Å². The Balaban J connectivity index is 1.77. The van der Waals surface area contributed by atoms with Crippen LogP contribution in [0.4, 0.5) is 0 Å². The molecule has 0 radical (unpaired) electrons. The summed E-state index contributed by atoms with van der Waals surface area (Å²) >= 11 is 0. The number of hydrogen-bond donors (Lipinski definition) is 2. The molecule has 1 aromatic rings. The molecule has 0 amide bonds. The number of ether oxygens (including phenoxy) is 2. The van der Waals surface area contributed by atoms with Crippen LogP contribution in [-0.4, -0.2) is 58.3 Å². The molecule has 1 aliphatic carbocycles. The van der Waals surface area contributed by atoms with E-state index in [1.165, 1.54) is 32.1 Å². The van der Waals surface area contributed by atoms with Gasteiger partial charge in [-0.3, -0.25) is 4.99 Å². The van der Waals surface area contributed by atoms with E-state index in [1.54, 1.807) is 21.3 Å². The van der Waals surface area contributed by atoms with Gasteiger partial charge in [-0.05, 0) is 32.0 Å². The topological polar surface area (TPSA) is 58.1 Å². The SMILES string of the molecule is CN=C(NCCN(C)C1CCCCC1)NCc1ccc(OC)cc1OC. The second-order valence-corrected chi connectivity index (χ2v) is 6.80. The first-order chi connectivity index (χ1) is 12.7. The van der Waals surface area contributed by atoms with Crippen LogP contribution >= 0.6 is 0 Å². The molecule has 1 aromatic carbocycles. The Bertz CT molecular complexity index is 571. The van der Waals surface area contributed by atoms with E-state index in [-0.39, 0.29) is 0 Å². The lowest BCUT2D eigenvalue weighted by Crippen LogP contribution is -2.43. The molecule has 1 aliphatic rings. The Morgan fingerprint density at radius 3 is 2.58 bits per heavy atom. The minimum Gasteiger partial charge on any atom is -0.497 e. The van der Waals surface area contributed by atoms with Crippen molar-refractivity contribution in [2.75, 3.05) is 41.4 Å². The standard InChI is InChI=1S/C20H34N4O2/c1-21-20(22-12-13-24(2)17-8-6-5-7-9-17)23-15-16-10-11-18(25-3)14-19(16)26-4/h10-11,14,17H,5-9,12-13,15H2,1-4H3,(H2,21,22,23). The zero-order chi connectivity index (χ0) is 18.8. The van der Waals surface area contributed by atoms with Gasteiger partial charge in [0.05, 0.1) is 14.2 Å². The van der Waals surface area contributed by atoms with Crippen LogP contribution in [0.5, 0.6) is 11.5 Å². The van der Waals surface area contributed by atoms with Gasteiger partial charge in [-0.15, -0.1) is 0 Å². The van der Waals surface area contributed by atoms with Crippen molar-refractivity contribution < 1.29 is 9.47 Å². The van der Waals surface area contributed by atoms with E-state index in [2.05, 4.69) is 27.6 Å². The van der Waals surface area contributed by atoms with Gasteiger partial charge < -0.3 is 25.0 Å². The maximum absolute atomic E-state index is 5.45. The second kappa shape index (κ2) is 10.9. The van der Waals surface area contributed by atoms with Gasteiger partial charge in [-0.25, -0.2) is 0 Å². The van der Waals surface area contributed by atoms with Crippen molar-refractivity contribution in [3.05, 3.63) is 23.8 Å². The maximum Gasteiger partial charge on any atom is 0.191 e. The van der Waals surface area contributed by atoms with Crippen molar-refractivity contribution in [1.29, 1.82) is 0 Å². The molecular weight excluding hydrogens is 328 g/mol. The fraction of sp³-hybridized carbons (Fsp3) is 0.650. The summed E-state index contributed by atoms with van der Waals surface area (Å²) in [6.45, 7) is 2.55. The highest BCUT2D eigenvalue weighted by atomic mass is 16.5. The number of rotatable bonds is 8. The lowest BCUT2D eigenvalue weighted by molar-refractivity contribution is 0.194. The zero-order valence-electron chi connectivity index (χ0n) is 16.7. The summed E-state index contributed by atoms with van der Waals surface area (Å²) < 4.78 is 10.7. The van der Waals surface area contributed by atoms with Crippen molar-refractivity contribution in [2.24, 2.45) is 4.99 Å². The largest absolute Gasteiger partial charge is 0.497 e. The van der Waals surface area contributed by atoms with Gasteiger partial charge in [0.25, 0.3) is 0 Å². The van der Waals surface area contributed by atoms with Crippen LogP contribution in [0, 0.1) is 0 Å². The highest BCUT2D eigenvalue weighted by Crippen LogP contribution is 2.24. The summed E-state index contributed by atoms with van der Waals surface area (Å²) in [7, 11) is 7.36. The highest BCUT2D eigenvalue weighted by molar-refractivity contribution is 5.79. The van der Waals surface area contributed by atoms with Crippen molar-refractivity contribution >= 4 is 5.96 Å². The molecule has 146 valence electrons. The Hall–Kier alpha value is -1.95. The van der Waals surface area contributed by atoms with Crippen LogP contribution in [0.1, 0.15) is 37.7 Å². The van der Waals surface area contributed by atoms with Crippen LogP contribution in [-0.2, 0) is 6.54 Å². The third-order valence-electron chi connectivity index (χ3n) is 5.12. The zero-order valence-corrected chi connectivity index (χ0v) is 16.7. The Morgan fingerprint density at radius 2 is 1.92 bits per heavy atom. The number of likely N-dealkylation sites (N-methyl/N-ethyl adjacent to an activating group) is 1. The van der Waals surface area contributed by atoms with Crippen LogP contribution in [0.3, 0.4) is 0 Å². The van der Waals surface area contributed by atoms with E-state index in [0.29, 0.717) is 6.54 Å². The van der Waals surface area contributed by atoms with E-state index in [9.17, 15) is 0 Å². The average molecular weight is 363 g/mol. The van der Waals surface area contributed by atoms with E-state index >= 15 is 0 Å². The number of nitrogens with one attached hydrogen (secondary N) is 2. The number of nitrogens with zero attached hydrogens (tertiary/aromatic N) is 2. The fourth-order valence-electron chi connectivity index (χ4n) is 3.45. The van der Waals surface area contributed by atoms with Crippen molar-refractivity contribution in [2.45, 2.75) is 44.7 Å². The normalized spacial score (nSPS) is 15.8. The number of hydrogen-bond acceptors (Lipinski definition) is 4. The Labute approximate surface area is 158 Å². The number of methoxy groups -OCH3 is 2. The summed E-state index contributed by atoms with van der Waals surface area (Å²) in [5.41, 5.74) is 1.07. The van der Waals surface area contributed by atoms with Gasteiger partial charge in [-0.1, -0.05) is 19.3 Å². The van der Waals surface area contributed by atoms with Gasteiger partial charge in [0.1, 0.15) is 11.5 Å².